The lowest BCUT2D eigenvalue weighted by Crippen LogP contribution is -2.32. The second kappa shape index (κ2) is 9.87. The van der Waals surface area contributed by atoms with Crippen molar-refractivity contribution in [2.75, 3.05) is 26.2 Å². The van der Waals surface area contributed by atoms with Crippen molar-refractivity contribution in [2.24, 2.45) is 5.73 Å². The maximum absolute atomic E-state index is 12.7. The third-order valence-corrected chi connectivity index (χ3v) is 5.04. The zero-order chi connectivity index (χ0) is 25.0. The Hall–Kier alpha value is -4.35. The first-order valence-corrected chi connectivity index (χ1v) is 10.5. The molecule has 2 aromatic carbocycles. The zero-order valence-electron chi connectivity index (χ0n) is 18.2. The van der Waals surface area contributed by atoms with Gasteiger partial charge in [0.2, 0.25) is 5.88 Å². The molecule has 182 valence electrons. The first-order valence-electron chi connectivity index (χ1n) is 10.5. The lowest BCUT2D eigenvalue weighted by Gasteiger charge is -2.14. The van der Waals surface area contributed by atoms with Crippen molar-refractivity contribution in [2.45, 2.75) is 6.18 Å². The first kappa shape index (κ1) is 23.8. The minimum atomic E-state index is -4.43. The van der Waals surface area contributed by atoms with E-state index in [1.54, 1.807) is 29.2 Å². The van der Waals surface area contributed by atoms with Gasteiger partial charge in [-0.25, -0.2) is 9.78 Å². The summed E-state index contributed by atoms with van der Waals surface area (Å²) < 4.78 is 49.3. The first-order chi connectivity index (χ1) is 16.7. The topological polar surface area (TPSA) is 120 Å². The molecule has 1 aliphatic heterocycles. The minimum absolute atomic E-state index is 0.0472. The number of halogens is 3. The van der Waals surface area contributed by atoms with Crippen molar-refractivity contribution in [3.8, 4) is 28.8 Å². The number of hydrogen-bond acceptors (Lipinski definition) is 6. The summed E-state index contributed by atoms with van der Waals surface area (Å²) in [4.78, 5) is 33.4. The number of amides is 3. The van der Waals surface area contributed by atoms with Gasteiger partial charge in [-0.05, 0) is 48.5 Å². The van der Waals surface area contributed by atoms with Crippen molar-refractivity contribution < 1.29 is 32.2 Å². The Morgan fingerprint density at radius 1 is 1.06 bits per heavy atom. The Labute approximate surface area is 197 Å². The van der Waals surface area contributed by atoms with E-state index in [0.29, 0.717) is 30.9 Å². The molecule has 1 fully saturated rings. The molecule has 0 saturated carbocycles. The molecular weight excluding hydrogens is 467 g/mol. The summed E-state index contributed by atoms with van der Waals surface area (Å²) in [6.45, 7) is 1.64. The van der Waals surface area contributed by atoms with Gasteiger partial charge < -0.3 is 25.4 Å². The van der Waals surface area contributed by atoms with Crippen molar-refractivity contribution >= 4 is 11.9 Å². The molecule has 2 heterocycles. The van der Waals surface area contributed by atoms with E-state index < -0.39 is 17.6 Å². The number of nitrogens with zero attached hydrogens (tertiary/aromatic N) is 3. The van der Waals surface area contributed by atoms with E-state index in [1.165, 1.54) is 18.2 Å². The van der Waals surface area contributed by atoms with Crippen molar-refractivity contribution in [3.63, 3.8) is 0 Å². The van der Waals surface area contributed by atoms with Crippen LogP contribution >= 0.6 is 0 Å². The van der Waals surface area contributed by atoms with Crippen LogP contribution < -0.4 is 20.5 Å². The van der Waals surface area contributed by atoms with Crippen LogP contribution in [0.15, 0.2) is 54.6 Å². The molecule has 0 atom stereocenters. The number of rotatable bonds is 8. The molecule has 3 amide bonds. The molecule has 4 rings (SSSR count). The molecule has 9 nitrogen and oxygen atoms in total. The molecule has 35 heavy (non-hydrogen) atoms. The average Bonchev–Trinajstić information content (AvgIpc) is 3.23. The molecule has 0 radical (unpaired) electrons. The van der Waals surface area contributed by atoms with Crippen LogP contribution in [-0.2, 0) is 6.18 Å². The second-order valence-corrected chi connectivity index (χ2v) is 7.50. The SMILES string of the molecule is NC(=O)c1cc(OCCN2CCNC2=O)nc(-c2ccc(Oc3ccc(C(F)(F)F)cc3)cc2)n1. The van der Waals surface area contributed by atoms with Crippen LogP contribution in [0, 0.1) is 0 Å². The number of nitrogens with two attached hydrogens (primary N) is 1. The Kier molecular flexibility index (Phi) is 6.71. The van der Waals surface area contributed by atoms with Gasteiger partial charge >= 0.3 is 12.2 Å². The zero-order valence-corrected chi connectivity index (χ0v) is 18.2. The number of alkyl halides is 3. The van der Waals surface area contributed by atoms with Crippen LogP contribution in [-0.4, -0.2) is 53.0 Å². The normalized spacial score (nSPS) is 13.5. The minimum Gasteiger partial charge on any atom is -0.476 e. The van der Waals surface area contributed by atoms with Gasteiger partial charge in [0, 0.05) is 24.7 Å². The molecule has 3 N–H and O–H groups in total. The summed E-state index contributed by atoms with van der Waals surface area (Å²) >= 11 is 0. The van der Waals surface area contributed by atoms with Crippen molar-refractivity contribution in [1.82, 2.24) is 20.2 Å². The Morgan fingerprint density at radius 3 is 2.29 bits per heavy atom. The molecule has 1 saturated heterocycles. The van der Waals surface area contributed by atoms with Crippen molar-refractivity contribution in [1.29, 1.82) is 0 Å². The summed E-state index contributed by atoms with van der Waals surface area (Å²) in [7, 11) is 0. The Balaban J connectivity index is 1.46. The molecular formula is C23H20F3N5O4. The van der Waals surface area contributed by atoms with Crippen LogP contribution in [0.25, 0.3) is 11.4 Å². The van der Waals surface area contributed by atoms with Gasteiger partial charge in [0.1, 0.15) is 23.8 Å². The highest BCUT2D eigenvalue weighted by Gasteiger charge is 2.30. The summed E-state index contributed by atoms with van der Waals surface area (Å²) in [6, 6.07) is 11.9. The maximum Gasteiger partial charge on any atom is 0.416 e. The van der Waals surface area contributed by atoms with Gasteiger partial charge in [0.15, 0.2) is 5.82 Å². The fourth-order valence-electron chi connectivity index (χ4n) is 3.26. The van der Waals surface area contributed by atoms with Gasteiger partial charge in [-0.3, -0.25) is 4.79 Å². The third kappa shape index (κ3) is 5.96. The number of hydrogen-bond donors (Lipinski definition) is 2. The van der Waals surface area contributed by atoms with Gasteiger partial charge in [-0.1, -0.05) is 0 Å². The number of carbonyl (C=O) groups is 2. The smallest absolute Gasteiger partial charge is 0.416 e. The fourth-order valence-corrected chi connectivity index (χ4v) is 3.26. The summed E-state index contributed by atoms with van der Waals surface area (Å²) in [5.74, 6) is 0.143. The summed E-state index contributed by atoms with van der Waals surface area (Å²) in [6.07, 6.45) is -4.43. The van der Waals surface area contributed by atoms with Crippen LogP contribution in [0.5, 0.6) is 17.4 Å². The largest absolute Gasteiger partial charge is 0.476 e. The number of primary amides is 1. The second-order valence-electron chi connectivity index (χ2n) is 7.50. The number of carbonyl (C=O) groups excluding carboxylic acids is 2. The van der Waals surface area contributed by atoms with E-state index >= 15 is 0 Å². The van der Waals surface area contributed by atoms with Gasteiger partial charge in [-0.2, -0.15) is 18.2 Å². The lowest BCUT2D eigenvalue weighted by molar-refractivity contribution is -0.137. The number of ether oxygens (including phenoxy) is 2. The molecule has 0 unspecified atom stereocenters. The quantitative estimate of drug-likeness (QED) is 0.502. The summed E-state index contributed by atoms with van der Waals surface area (Å²) in [5.41, 5.74) is 5.09. The molecule has 1 aliphatic rings. The maximum atomic E-state index is 12.7. The van der Waals surface area contributed by atoms with Crippen LogP contribution in [0.3, 0.4) is 0 Å². The Bertz CT molecular complexity index is 1220. The van der Waals surface area contributed by atoms with E-state index in [4.69, 9.17) is 15.2 Å². The average molecular weight is 487 g/mol. The van der Waals surface area contributed by atoms with Gasteiger partial charge in [0.05, 0.1) is 12.1 Å². The van der Waals surface area contributed by atoms with E-state index in [0.717, 1.165) is 12.1 Å². The lowest BCUT2D eigenvalue weighted by atomic mass is 10.2. The van der Waals surface area contributed by atoms with E-state index in [9.17, 15) is 22.8 Å². The highest BCUT2D eigenvalue weighted by molar-refractivity contribution is 5.91. The Morgan fingerprint density at radius 2 is 1.71 bits per heavy atom. The monoisotopic (exact) mass is 487 g/mol. The number of urea groups is 1. The van der Waals surface area contributed by atoms with Crippen LogP contribution in [0.2, 0.25) is 0 Å². The van der Waals surface area contributed by atoms with E-state index in [1.807, 2.05) is 0 Å². The number of benzene rings is 2. The molecule has 12 heteroatoms. The van der Waals surface area contributed by atoms with Gasteiger partial charge in [-0.15, -0.1) is 0 Å². The van der Waals surface area contributed by atoms with Crippen LogP contribution in [0.1, 0.15) is 16.1 Å². The highest BCUT2D eigenvalue weighted by atomic mass is 19.4. The fraction of sp³-hybridized carbons (Fsp3) is 0.217. The third-order valence-electron chi connectivity index (χ3n) is 5.04. The van der Waals surface area contributed by atoms with Crippen molar-refractivity contribution in [3.05, 3.63) is 65.9 Å². The number of nitrogens with one attached hydrogen (secondary N) is 1. The van der Waals surface area contributed by atoms with E-state index in [2.05, 4.69) is 15.3 Å². The predicted molar refractivity (Wildman–Crippen MR) is 118 cm³/mol. The molecule has 0 spiro atoms. The predicted octanol–water partition coefficient (Wildman–Crippen LogP) is 3.46. The van der Waals surface area contributed by atoms with Gasteiger partial charge in [0.25, 0.3) is 5.91 Å². The highest BCUT2D eigenvalue weighted by Crippen LogP contribution is 2.32. The molecule has 3 aromatic rings. The molecule has 0 aliphatic carbocycles. The molecule has 0 bridgehead atoms. The molecule has 1 aromatic heterocycles. The standard InChI is InChI=1S/C23H20F3N5O4/c24-23(25,26)15-3-7-17(8-4-15)35-16-5-1-14(2-6-16)21-29-18(20(27)32)13-19(30-21)34-12-11-31-10-9-28-22(31)33/h1-8,13H,9-12H2,(H2,27,32)(H,28,33). The summed E-state index contributed by atoms with van der Waals surface area (Å²) in [5, 5.41) is 2.69. The van der Waals surface area contributed by atoms with E-state index in [-0.39, 0.29) is 35.8 Å². The van der Waals surface area contributed by atoms with Crippen LogP contribution in [0.4, 0.5) is 18.0 Å². The number of aromatic nitrogens is 2.